The van der Waals surface area contributed by atoms with E-state index in [0.717, 1.165) is 12.0 Å². The predicted molar refractivity (Wildman–Crippen MR) is 85.7 cm³/mol. The Labute approximate surface area is 121 Å². The Morgan fingerprint density at radius 2 is 2.00 bits per heavy atom. The third-order valence-corrected chi connectivity index (χ3v) is 4.55. The molecule has 0 amide bonds. The van der Waals surface area contributed by atoms with Crippen molar-refractivity contribution < 1.29 is 0 Å². The van der Waals surface area contributed by atoms with Gasteiger partial charge in [-0.15, -0.1) is 0 Å². The molecule has 2 nitrogen and oxygen atoms in total. The number of nitrogens with zero attached hydrogens (tertiary/aromatic N) is 1. The van der Waals surface area contributed by atoms with Gasteiger partial charge in [0.2, 0.25) is 0 Å². The van der Waals surface area contributed by atoms with Crippen molar-refractivity contribution in [3.8, 4) is 0 Å². The summed E-state index contributed by atoms with van der Waals surface area (Å²) in [4.78, 5) is 2.78. The summed E-state index contributed by atoms with van der Waals surface area (Å²) in [6.07, 6.45) is 9.74. The Balaban J connectivity index is 2.41. The van der Waals surface area contributed by atoms with Crippen LogP contribution in [0.15, 0.2) is 0 Å². The smallest absolute Gasteiger partial charge is 0.0220 e. The minimum atomic E-state index is 0.617. The van der Waals surface area contributed by atoms with Gasteiger partial charge in [0.1, 0.15) is 0 Å². The van der Waals surface area contributed by atoms with Crippen LogP contribution in [0, 0.1) is 5.92 Å². The molecule has 0 aromatic heterocycles. The van der Waals surface area contributed by atoms with Gasteiger partial charge in [-0.3, -0.25) is 4.90 Å². The second kappa shape index (κ2) is 9.77. The predicted octanol–water partition coefficient (Wildman–Crippen LogP) is 4.06. The number of hydrogen-bond donors (Lipinski definition) is 1. The highest BCUT2D eigenvalue weighted by Crippen LogP contribution is 2.21. The average Bonchev–Trinajstić information content (AvgIpc) is 2.42. The molecule has 0 spiro atoms. The van der Waals surface area contributed by atoms with Gasteiger partial charge in [-0.05, 0) is 31.7 Å². The molecule has 1 N–H and O–H groups in total. The molecular weight excluding hydrogens is 232 g/mol. The summed E-state index contributed by atoms with van der Waals surface area (Å²) in [5.41, 5.74) is 0. The van der Waals surface area contributed by atoms with E-state index < -0.39 is 0 Å². The molecule has 2 heteroatoms. The summed E-state index contributed by atoms with van der Waals surface area (Å²) in [5, 5.41) is 3.64. The minimum absolute atomic E-state index is 0.617. The summed E-state index contributed by atoms with van der Waals surface area (Å²) in [6.45, 7) is 13.0. The van der Waals surface area contributed by atoms with Crippen LogP contribution in [0.3, 0.4) is 0 Å². The lowest BCUT2D eigenvalue weighted by molar-refractivity contribution is 0.117. The maximum Gasteiger partial charge on any atom is 0.0220 e. The largest absolute Gasteiger partial charge is 0.313 e. The zero-order chi connectivity index (χ0) is 14.1. The van der Waals surface area contributed by atoms with E-state index in [2.05, 4.69) is 37.9 Å². The van der Waals surface area contributed by atoms with E-state index in [1.807, 2.05) is 0 Å². The molecule has 1 aliphatic rings. The second-order valence-electron chi connectivity index (χ2n) is 6.62. The zero-order valence-corrected chi connectivity index (χ0v) is 13.8. The molecule has 19 heavy (non-hydrogen) atoms. The van der Waals surface area contributed by atoms with E-state index >= 15 is 0 Å². The monoisotopic (exact) mass is 268 g/mol. The van der Waals surface area contributed by atoms with Crippen LogP contribution < -0.4 is 5.32 Å². The van der Waals surface area contributed by atoms with E-state index in [1.165, 1.54) is 64.6 Å². The van der Waals surface area contributed by atoms with Gasteiger partial charge in [0, 0.05) is 25.2 Å². The number of nitrogens with one attached hydrogen (secondary N) is 1. The first-order valence-corrected chi connectivity index (χ1v) is 8.64. The van der Waals surface area contributed by atoms with Crippen molar-refractivity contribution in [2.45, 2.75) is 84.7 Å². The molecule has 0 bridgehead atoms. The second-order valence-corrected chi connectivity index (χ2v) is 6.62. The Hall–Kier alpha value is -0.0800. The van der Waals surface area contributed by atoms with Crippen LogP contribution in [0.5, 0.6) is 0 Å². The SMILES string of the molecule is CCCCC(CC)CN1CCCCC1CNC(C)C. The van der Waals surface area contributed by atoms with Crippen molar-refractivity contribution in [1.29, 1.82) is 0 Å². The first-order valence-electron chi connectivity index (χ1n) is 8.64. The molecule has 0 aromatic carbocycles. The number of hydrogen-bond acceptors (Lipinski definition) is 2. The van der Waals surface area contributed by atoms with Crippen molar-refractivity contribution in [3.63, 3.8) is 0 Å². The van der Waals surface area contributed by atoms with Gasteiger partial charge in [0.25, 0.3) is 0 Å². The molecule has 1 aliphatic heterocycles. The van der Waals surface area contributed by atoms with Gasteiger partial charge in [0.15, 0.2) is 0 Å². The number of piperidine rings is 1. The van der Waals surface area contributed by atoms with Crippen LogP contribution in [0.2, 0.25) is 0 Å². The van der Waals surface area contributed by atoms with Crippen LogP contribution >= 0.6 is 0 Å². The number of likely N-dealkylation sites (tertiary alicyclic amines) is 1. The summed E-state index contributed by atoms with van der Waals surface area (Å²) in [5.74, 6) is 0.916. The fourth-order valence-corrected chi connectivity index (χ4v) is 3.15. The summed E-state index contributed by atoms with van der Waals surface area (Å²) in [6, 6.07) is 1.40. The highest BCUT2D eigenvalue weighted by Gasteiger charge is 2.24. The first-order chi connectivity index (χ1) is 9.17. The molecule has 2 unspecified atom stereocenters. The molecular formula is C17H36N2. The van der Waals surface area contributed by atoms with Crippen molar-refractivity contribution in [1.82, 2.24) is 10.2 Å². The van der Waals surface area contributed by atoms with Crippen molar-refractivity contribution >= 4 is 0 Å². The Bertz CT molecular complexity index is 215. The molecule has 0 radical (unpaired) electrons. The van der Waals surface area contributed by atoms with Gasteiger partial charge in [-0.25, -0.2) is 0 Å². The van der Waals surface area contributed by atoms with Gasteiger partial charge >= 0.3 is 0 Å². The molecule has 1 fully saturated rings. The molecule has 1 saturated heterocycles. The fourth-order valence-electron chi connectivity index (χ4n) is 3.15. The van der Waals surface area contributed by atoms with Gasteiger partial charge in [-0.2, -0.15) is 0 Å². The molecule has 0 aromatic rings. The van der Waals surface area contributed by atoms with Crippen molar-refractivity contribution in [2.75, 3.05) is 19.6 Å². The highest BCUT2D eigenvalue weighted by molar-refractivity contribution is 4.81. The molecule has 114 valence electrons. The Morgan fingerprint density at radius 3 is 2.63 bits per heavy atom. The lowest BCUT2D eigenvalue weighted by Crippen LogP contribution is -2.48. The Kier molecular flexibility index (Phi) is 8.72. The molecule has 0 saturated carbocycles. The highest BCUT2D eigenvalue weighted by atomic mass is 15.2. The van der Waals surface area contributed by atoms with Gasteiger partial charge in [0.05, 0.1) is 0 Å². The maximum absolute atomic E-state index is 3.64. The van der Waals surface area contributed by atoms with E-state index in [1.54, 1.807) is 0 Å². The Morgan fingerprint density at radius 1 is 1.21 bits per heavy atom. The number of rotatable bonds is 9. The third-order valence-electron chi connectivity index (χ3n) is 4.55. The van der Waals surface area contributed by atoms with Gasteiger partial charge in [-0.1, -0.05) is 53.4 Å². The third kappa shape index (κ3) is 6.76. The molecule has 1 rings (SSSR count). The van der Waals surface area contributed by atoms with Crippen LogP contribution in [0.25, 0.3) is 0 Å². The normalized spacial score (nSPS) is 22.9. The summed E-state index contributed by atoms with van der Waals surface area (Å²) < 4.78 is 0. The average molecular weight is 268 g/mol. The standard InChI is InChI=1S/C17H36N2/c1-5-7-10-16(6-2)14-19-12-9-8-11-17(19)13-18-15(3)4/h15-18H,5-14H2,1-4H3. The van der Waals surface area contributed by atoms with E-state index in [0.29, 0.717) is 6.04 Å². The quantitative estimate of drug-likeness (QED) is 0.678. The molecule has 2 atom stereocenters. The van der Waals surface area contributed by atoms with E-state index in [-0.39, 0.29) is 0 Å². The van der Waals surface area contributed by atoms with Crippen molar-refractivity contribution in [2.24, 2.45) is 5.92 Å². The van der Waals surface area contributed by atoms with E-state index in [4.69, 9.17) is 0 Å². The molecule has 1 heterocycles. The summed E-state index contributed by atoms with van der Waals surface area (Å²) >= 11 is 0. The zero-order valence-electron chi connectivity index (χ0n) is 13.8. The lowest BCUT2D eigenvalue weighted by atomic mass is 9.95. The summed E-state index contributed by atoms with van der Waals surface area (Å²) in [7, 11) is 0. The molecule has 0 aliphatic carbocycles. The number of unbranched alkanes of at least 4 members (excludes halogenated alkanes) is 1. The van der Waals surface area contributed by atoms with Crippen LogP contribution in [-0.2, 0) is 0 Å². The lowest BCUT2D eigenvalue weighted by Gasteiger charge is -2.38. The minimum Gasteiger partial charge on any atom is -0.313 e. The van der Waals surface area contributed by atoms with Crippen LogP contribution in [0.4, 0.5) is 0 Å². The first kappa shape index (κ1) is 17.0. The topological polar surface area (TPSA) is 15.3 Å². The maximum atomic E-state index is 3.64. The van der Waals surface area contributed by atoms with Crippen LogP contribution in [-0.4, -0.2) is 36.6 Å². The van der Waals surface area contributed by atoms with Crippen LogP contribution in [0.1, 0.15) is 72.6 Å². The van der Waals surface area contributed by atoms with E-state index in [9.17, 15) is 0 Å². The fraction of sp³-hybridized carbons (Fsp3) is 1.00. The van der Waals surface area contributed by atoms with Crippen molar-refractivity contribution in [3.05, 3.63) is 0 Å². The van der Waals surface area contributed by atoms with Gasteiger partial charge < -0.3 is 5.32 Å².